The molecular formula is C29H30ClN5O3. The van der Waals surface area contributed by atoms with Gasteiger partial charge in [-0.15, -0.1) is 0 Å². The summed E-state index contributed by atoms with van der Waals surface area (Å²) in [6, 6.07) is 15.8. The third-order valence-corrected chi connectivity index (χ3v) is 8.11. The molecule has 0 amide bonds. The number of benzene rings is 2. The molecule has 0 bridgehead atoms. The van der Waals surface area contributed by atoms with E-state index in [1.165, 1.54) is 5.56 Å². The number of hydrogen-bond donors (Lipinski definition) is 1. The number of anilines is 1. The van der Waals surface area contributed by atoms with Crippen molar-refractivity contribution < 1.29 is 14.2 Å². The van der Waals surface area contributed by atoms with E-state index in [1.807, 2.05) is 30.3 Å². The van der Waals surface area contributed by atoms with E-state index in [0.717, 1.165) is 86.1 Å². The van der Waals surface area contributed by atoms with Gasteiger partial charge in [-0.05, 0) is 74.7 Å². The number of ether oxygens (including phenoxy) is 3. The number of imidazole rings is 1. The molecule has 9 heteroatoms. The summed E-state index contributed by atoms with van der Waals surface area (Å²) in [4.78, 5) is 11.9. The monoisotopic (exact) mass is 531 g/mol. The maximum Gasteiger partial charge on any atom is 0.284 e. The minimum absolute atomic E-state index is 0.257. The quantitative estimate of drug-likeness (QED) is 0.337. The molecule has 38 heavy (non-hydrogen) atoms. The highest BCUT2D eigenvalue weighted by atomic mass is 35.5. The van der Waals surface area contributed by atoms with Crippen LogP contribution in [0.1, 0.15) is 48.6 Å². The normalized spacial score (nSPS) is 21.6. The first-order valence-electron chi connectivity index (χ1n) is 13.3. The van der Waals surface area contributed by atoms with Crippen LogP contribution < -0.4 is 15.2 Å². The Hall–Kier alpha value is -3.33. The number of fused-ring (bicyclic) bond motifs is 2. The zero-order valence-electron chi connectivity index (χ0n) is 21.1. The van der Waals surface area contributed by atoms with Crippen LogP contribution in [0.3, 0.4) is 0 Å². The van der Waals surface area contributed by atoms with E-state index in [2.05, 4.69) is 26.6 Å². The van der Waals surface area contributed by atoms with Gasteiger partial charge in [-0.3, -0.25) is 9.88 Å². The molecule has 3 aliphatic heterocycles. The van der Waals surface area contributed by atoms with Gasteiger partial charge in [0.15, 0.2) is 11.5 Å². The largest absolute Gasteiger partial charge is 0.445 e. The number of likely N-dealkylation sites (tertiary alicyclic amines) is 1. The summed E-state index contributed by atoms with van der Waals surface area (Å²) < 4.78 is 20.4. The Morgan fingerprint density at radius 1 is 1.03 bits per heavy atom. The Morgan fingerprint density at radius 3 is 2.66 bits per heavy atom. The molecule has 8 nitrogen and oxygen atoms in total. The number of para-hydroxylation sites is 1. The fraction of sp³-hybridized carbons (Fsp3) is 0.379. The number of pyridine rings is 1. The highest BCUT2D eigenvalue weighted by Gasteiger charge is 2.33. The molecule has 2 unspecified atom stereocenters. The average Bonchev–Trinajstić information content (AvgIpc) is 3.48. The Balaban J connectivity index is 1.05. The highest BCUT2D eigenvalue weighted by molar-refractivity contribution is 6.30. The molecular weight excluding hydrogens is 502 g/mol. The minimum atomic E-state index is -0.551. The molecule has 0 spiro atoms. The zero-order valence-corrected chi connectivity index (χ0v) is 21.8. The summed E-state index contributed by atoms with van der Waals surface area (Å²) in [5.74, 6) is 3.10. The van der Waals surface area contributed by atoms with E-state index in [4.69, 9.17) is 36.5 Å². The number of nitrogens with zero attached hydrogens (tertiary/aromatic N) is 4. The third-order valence-electron chi connectivity index (χ3n) is 7.88. The maximum atomic E-state index is 6.28. The van der Waals surface area contributed by atoms with Crippen LogP contribution in [0, 0.1) is 0 Å². The first kappa shape index (κ1) is 23.8. The lowest BCUT2D eigenvalue weighted by molar-refractivity contribution is -0.0592. The highest BCUT2D eigenvalue weighted by Crippen LogP contribution is 2.47. The zero-order chi connectivity index (χ0) is 25.6. The second-order valence-electron chi connectivity index (χ2n) is 10.4. The molecule has 196 valence electrons. The fourth-order valence-electron chi connectivity index (χ4n) is 5.72. The van der Waals surface area contributed by atoms with Crippen molar-refractivity contribution in [2.24, 2.45) is 0 Å². The van der Waals surface area contributed by atoms with Crippen molar-refractivity contribution in [3.63, 3.8) is 0 Å². The number of hydrogen-bond acceptors (Lipinski definition) is 7. The molecule has 3 aliphatic rings. The van der Waals surface area contributed by atoms with Crippen molar-refractivity contribution in [1.82, 2.24) is 19.4 Å². The number of nitrogen functional groups attached to an aromatic ring is 1. The lowest BCUT2D eigenvalue weighted by Crippen LogP contribution is -2.35. The van der Waals surface area contributed by atoms with Crippen molar-refractivity contribution in [2.75, 3.05) is 25.4 Å². The van der Waals surface area contributed by atoms with Gasteiger partial charge in [0.05, 0.1) is 35.2 Å². The second-order valence-corrected chi connectivity index (χ2v) is 10.8. The Bertz CT molecular complexity index is 1460. The summed E-state index contributed by atoms with van der Waals surface area (Å²) in [6.07, 6.45) is 4.50. The van der Waals surface area contributed by atoms with Gasteiger partial charge in [0.2, 0.25) is 0 Å². The number of halogens is 1. The van der Waals surface area contributed by atoms with Crippen molar-refractivity contribution in [2.45, 2.75) is 50.7 Å². The van der Waals surface area contributed by atoms with E-state index < -0.39 is 6.29 Å². The van der Waals surface area contributed by atoms with E-state index in [1.54, 1.807) is 12.3 Å². The molecule has 7 rings (SSSR count). The maximum absolute atomic E-state index is 6.28. The number of aromatic nitrogens is 3. The molecule has 4 aromatic rings. The summed E-state index contributed by atoms with van der Waals surface area (Å²) in [6.45, 7) is 4.45. The van der Waals surface area contributed by atoms with Crippen LogP contribution >= 0.6 is 11.6 Å². The lowest BCUT2D eigenvalue weighted by Gasteiger charge is -2.33. The van der Waals surface area contributed by atoms with Crippen molar-refractivity contribution in [3.05, 3.63) is 76.8 Å². The summed E-state index contributed by atoms with van der Waals surface area (Å²) in [7, 11) is 0. The lowest BCUT2D eigenvalue weighted by atomic mass is 9.88. The fourth-order valence-corrected chi connectivity index (χ4v) is 5.83. The van der Waals surface area contributed by atoms with Crippen LogP contribution in [-0.4, -0.2) is 45.2 Å². The van der Waals surface area contributed by atoms with Gasteiger partial charge in [-0.25, -0.2) is 4.98 Å². The standard InChI is InChI=1S/C29H30ClN5O3/c30-19-4-6-24(32-15-19)29-37-26-3-1-2-22(28(26)38-29)18-8-11-34(12-9-18)17-27-33-23-7-5-20(31)14-25(23)35(27)16-21-10-13-36-21/h1-7,14-15,18,21,29H,8-13,16-17,31H2. The number of piperidine rings is 1. The van der Waals surface area contributed by atoms with Crippen LogP contribution in [0.15, 0.2) is 54.7 Å². The molecule has 2 aromatic carbocycles. The number of rotatable bonds is 6. The van der Waals surface area contributed by atoms with Gasteiger partial charge >= 0.3 is 0 Å². The Morgan fingerprint density at radius 2 is 1.89 bits per heavy atom. The second kappa shape index (κ2) is 9.76. The minimum Gasteiger partial charge on any atom is -0.445 e. The average molecular weight is 532 g/mol. The van der Waals surface area contributed by atoms with Gasteiger partial charge in [-0.1, -0.05) is 23.7 Å². The molecule has 2 fully saturated rings. The van der Waals surface area contributed by atoms with Gasteiger partial charge in [0.25, 0.3) is 6.29 Å². The van der Waals surface area contributed by atoms with Crippen LogP contribution in [0.5, 0.6) is 11.5 Å². The van der Waals surface area contributed by atoms with E-state index in [9.17, 15) is 0 Å². The third kappa shape index (κ3) is 4.46. The van der Waals surface area contributed by atoms with E-state index >= 15 is 0 Å². The predicted octanol–water partition coefficient (Wildman–Crippen LogP) is 5.31. The first-order valence-corrected chi connectivity index (χ1v) is 13.6. The number of nitrogens with two attached hydrogens (primary N) is 1. The van der Waals surface area contributed by atoms with Crippen molar-refractivity contribution in [3.8, 4) is 11.5 Å². The molecule has 2 saturated heterocycles. The Labute approximate surface area is 226 Å². The predicted molar refractivity (Wildman–Crippen MR) is 145 cm³/mol. The van der Waals surface area contributed by atoms with Crippen molar-refractivity contribution >= 4 is 28.3 Å². The van der Waals surface area contributed by atoms with Gasteiger partial charge < -0.3 is 24.5 Å². The molecule has 0 radical (unpaired) electrons. The molecule has 2 atom stereocenters. The summed E-state index contributed by atoms with van der Waals surface area (Å²) >= 11 is 6.00. The van der Waals surface area contributed by atoms with Crippen LogP contribution in [0.2, 0.25) is 5.02 Å². The van der Waals surface area contributed by atoms with Gasteiger partial charge in [0.1, 0.15) is 11.5 Å². The molecule has 0 saturated carbocycles. The first-order chi connectivity index (χ1) is 18.6. The Kier molecular flexibility index (Phi) is 6.11. The van der Waals surface area contributed by atoms with Crippen LogP contribution in [-0.2, 0) is 17.8 Å². The van der Waals surface area contributed by atoms with Gasteiger partial charge in [-0.2, -0.15) is 0 Å². The van der Waals surface area contributed by atoms with Crippen molar-refractivity contribution in [1.29, 1.82) is 0 Å². The molecule has 2 aromatic heterocycles. The smallest absolute Gasteiger partial charge is 0.284 e. The van der Waals surface area contributed by atoms with Crippen LogP contribution in [0.4, 0.5) is 5.69 Å². The summed E-state index contributed by atoms with van der Waals surface area (Å²) in [5.41, 5.74) is 10.9. The summed E-state index contributed by atoms with van der Waals surface area (Å²) in [5, 5.41) is 0.591. The SMILES string of the molecule is Nc1ccc2nc(CN3CCC(c4cccc5c4OC(c4ccc(Cl)cn4)O5)CC3)n(CC3CCO3)c2c1. The van der Waals surface area contributed by atoms with Crippen LogP contribution in [0.25, 0.3) is 11.0 Å². The molecule has 5 heterocycles. The molecule has 0 aliphatic carbocycles. The molecule has 2 N–H and O–H groups in total. The van der Waals surface area contributed by atoms with E-state index in [0.29, 0.717) is 16.6 Å². The topological polar surface area (TPSA) is 87.7 Å². The van der Waals surface area contributed by atoms with Gasteiger partial charge in [0, 0.05) is 24.1 Å². The van der Waals surface area contributed by atoms with E-state index in [-0.39, 0.29) is 6.10 Å².